The van der Waals surface area contributed by atoms with E-state index in [1.807, 2.05) is 24.7 Å². The first kappa shape index (κ1) is 17.3. The molecule has 0 atom stereocenters. The molecule has 2 N–H and O–H groups in total. The van der Waals surface area contributed by atoms with Gasteiger partial charge in [0, 0.05) is 30.4 Å². The van der Waals surface area contributed by atoms with E-state index in [4.69, 9.17) is 4.74 Å². The van der Waals surface area contributed by atoms with E-state index in [2.05, 4.69) is 62.7 Å². The second-order valence-corrected chi connectivity index (χ2v) is 6.79. The lowest BCUT2D eigenvalue weighted by atomic mass is 10.0. The van der Waals surface area contributed by atoms with Crippen molar-refractivity contribution in [2.75, 3.05) is 20.7 Å². The molecule has 4 rings (SSSR count). The van der Waals surface area contributed by atoms with Crippen LogP contribution in [0.3, 0.4) is 0 Å². The van der Waals surface area contributed by atoms with Crippen molar-refractivity contribution >= 4 is 10.8 Å². The number of benzene rings is 2. The van der Waals surface area contributed by atoms with E-state index >= 15 is 0 Å². The first-order valence-electron chi connectivity index (χ1n) is 8.99. The standard InChI is InChI=1S/C21H23N5O/c1-26(8-7-15-11-22-23-12-15)14-19-13-24-25-21(19)18-4-3-17-10-20(27-2)6-5-16(17)9-18/h3-6,9-13H,7-8,14H2,1-2H3,(H,22,23)(H,24,25). The third-order valence-corrected chi connectivity index (χ3v) is 4.83. The molecule has 4 aromatic rings. The lowest BCUT2D eigenvalue weighted by molar-refractivity contribution is 0.331. The summed E-state index contributed by atoms with van der Waals surface area (Å²) in [6.45, 7) is 1.80. The van der Waals surface area contributed by atoms with Crippen molar-refractivity contribution in [2.24, 2.45) is 0 Å². The van der Waals surface area contributed by atoms with Crippen LogP contribution in [0.5, 0.6) is 5.75 Å². The predicted octanol–water partition coefficient (Wildman–Crippen LogP) is 3.64. The Kier molecular flexibility index (Phi) is 4.89. The highest BCUT2D eigenvalue weighted by molar-refractivity contribution is 5.88. The second kappa shape index (κ2) is 7.63. The lowest BCUT2D eigenvalue weighted by Crippen LogP contribution is -2.20. The Labute approximate surface area is 158 Å². The summed E-state index contributed by atoms with van der Waals surface area (Å²) >= 11 is 0. The number of fused-ring (bicyclic) bond motifs is 1. The fraction of sp³-hybridized carbons (Fsp3) is 0.238. The quantitative estimate of drug-likeness (QED) is 0.527. The Hall–Kier alpha value is -3.12. The number of methoxy groups -OCH3 is 1. The molecule has 138 valence electrons. The summed E-state index contributed by atoms with van der Waals surface area (Å²) in [7, 11) is 3.82. The van der Waals surface area contributed by atoms with Gasteiger partial charge in [0.05, 0.1) is 25.2 Å². The van der Waals surface area contributed by atoms with E-state index in [0.29, 0.717) is 0 Å². The normalized spacial score (nSPS) is 11.4. The van der Waals surface area contributed by atoms with Crippen LogP contribution in [0.25, 0.3) is 22.0 Å². The van der Waals surface area contributed by atoms with Crippen molar-refractivity contribution in [3.05, 3.63) is 66.1 Å². The smallest absolute Gasteiger partial charge is 0.119 e. The van der Waals surface area contributed by atoms with Gasteiger partial charge < -0.3 is 9.64 Å². The summed E-state index contributed by atoms with van der Waals surface area (Å²) in [5, 5.41) is 16.7. The molecule has 0 unspecified atom stereocenters. The van der Waals surface area contributed by atoms with Gasteiger partial charge in [-0.15, -0.1) is 0 Å². The zero-order chi connectivity index (χ0) is 18.6. The van der Waals surface area contributed by atoms with Gasteiger partial charge in [0.2, 0.25) is 0 Å². The van der Waals surface area contributed by atoms with Gasteiger partial charge in [-0.05, 0) is 48.0 Å². The van der Waals surface area contributed by atoms with E-state index in [1.54, 1.807) is 7.11 Å². The molecule has 0 aliphatic carbocycles. The van der Waals surface area contributed by atoms with Crippen LogP contribution in [0.2, 0.25) is 0 Å². The number of rotatable bonds is 7. The van der Waals surface area contributed by atoms with Gasteiger partial charge >= 0.3 is 0 Å². The van der Waals surface area contributed by atoms with Crippen LogP contribution in [0.1, 0.15) is 11.1 Å². The maximum absolute atomic E-state index is 5.31. The fourth-order valence-electron chi connectivity index (χ4n) is 3.29. The first-order valence-corrected chi connectivity index (χ1v) is 8.99. The molecule has 2 aromatic carbocycles. The number of aromatic amines is 2. The monoisotopic (exact) mass is 361 g/mol. The van der Waals surface area contributed by atoms with E-state index in [9.17, 15) is 0 Å². The highest BCUT2D eigenvalue weighted by Gasteiger charge is 2.11. The molecule has 0 aliphatic heterocycles. The molecule has 0 aliphatic rings. The molecular weight excluding hydrogens is 338 g/mol. The topological polar surface area (TPSA) is 69.8 Å². The van der Waals surface area contributed by atoms with Gasteiger partial charge in [0.1, 0.15) is 5.75 Å². The molecule has 6 heteroatoms. The molecule has 0 bridgehead atoms. The van der Waals surface area contributed by atoms with Crippen molar-refractivity contribution in [2.45, 2.75) is 13.0 Å². The van der Waals surface area contributed by atoms with Crippen LogP contribution in [-0.4, -0.2) is 46.0 Å². The molecule has 0 saturated heterocycles. The molecule has 0 spiro atoms. The number of hydrogen-bond donors (Lipinski definition) is 2. The summed E-state index contributed by atoms with van der Waals surface area (Å²) in [5.41, 5.74) is 4.63. The highest BCUT2D eigenvalue weighted by atomic mass is 16.5. The number of hydrogen-bond acceptors (Lipinski definition) is 4. The predicted molar refractivity (Wildman–Crippen MR) is 107 cm³/mol. The van der Waals surface area contributed by atoms with Crippen LogP contribution < -0.4 is 4.74 Å². The second-order valence-electron chi connectivity index (χ2n) is 6.79. The zero-order valence-corrected chi connectivity index (χ0v) is 15.6. The van der Waals surface area contributed by atoms with Crippen molar-refractivity contribution < 1.29 is 4.74 Å². The SMILES string of the molecule is COc1ccc2cc(-c3[nH]ncc3CN(C)CCc3cn[nH]c3)ccc2c1. The van der Waals surface area contributed by atoms with Crippen molar-refractivity contribution in [1.82, 2.24) is 25.3 Å². The summed E-state index contributed by atoms with van der Waals surface area (Å²) < 4.78 is 5.31. The maximum Gasteiger partial charge on any atom is 0.119 e. The van der Waals surface area contributed by atoms with Crippen LogP contribution in [0.4, 0.5) is 0 Å². The Morgan fingerprint density at radius 1 is 1.04 bits per heavy atom. The van der Waals surface area contributed by atoms with Crippen LogP contribution in [0, 0.1) is 0 Å². The van der Waals surface area contributed by atoms with Gasteiger partial charge in [0.15, 0.2) is 0 Å². The molecule has 2 aromatic heterocycles. The fourth-order valence-corrected chi connectivity index (χ4v) is 3.29. The number of aromatic nitrogens is 4. The largest absolute Gasteiger partial charge is 0.497 e. The minimum Gasteiger partial charge on any atom is -0.497 e. The van der Waals surface area contributed by atoms with Crippen LogP contribution >= 0.6 is 0 Å². The van der Waals surface area contributed by atoms with E-state index in [0.717, 1.165) is 41.9 Å². The van der Waals surface area contributed by atoms with Gasteiger partial charge in [-0.2, -0.15) is 10.2 Å². The molecule has 0 radical (unpaired) electrons. The minimum atomic E-state index is 0.838. The number of nitrogens with zero attached hydrogens (tertiary/aromatic N) is 3. The lowest BCUT2D eigenvalue weighted by Gasteiger charge is -2.16. The van der Waals surface area contributed by atoms with E-state index in [-0.39, 0.29) is 0 Å². The number of ether oxygens (including phenoxy) is 1. The molecule has 27 heavy (non-hydrogen) atoms. The van der Waals surface area contributed by atoms with Crippen molar-refractivity contribution in [3.8, 4) is 17.0 Å². The molecular formula is C21H23N5O. The van der Waals surface area contributed by atoms with Crippen molar-refractivity contribution in [3.63, 3.8) is 0 Å². The summed E-state index contributed by atoms with van der Waals surface area (Å²) in [4.78, 5) is 2.30. The Balaban J connectivity index is 1.51. The highest BCUT2D eigenvalue weighted by Crippen LogP contribution is 2.28. The van der Waals surface area contributed by atoms with Gasteiger partial charge in [-0.25, -0.2) is 0 Å². The number of likely N-dealkylation sites (N-methyl/N-ethyl adjacent to an activating group) is 1. The summed E-state index contributed by atoms with van der Waals surface area (Å²) in [6, 6.07) is 12.6. The zero-order valence-electron chi connectivity index (χ0n) is 15.6. The molecule has 0 amide bonds. The first-order chi connectivity index (χ1) is 13.2. The Morgan fingerprint density at radius 2 is 1.89 bits per heavy atom. The third-order valence-electron chi connectivity index (χ3n) is 4.83. The Bertz CT molecular complexity index is 1020. The Morgan fingerprint density at radius 3 is 2.70 bits per heavy atom. The van der Waals surface area contributed by atoms with Gasteiger partial charge in [0.25, 0.3) is 0 Å². The van der Waals surface area contributed by atoms with Crippen LogP contribution in [0.15, 0.2) is 55.0 Å². The number of H-pyrrole nitrogens is 2. The average Bonchev–Trinajstić information content (AvgIpc) is 3.37. The van der Waals surface area contributed by atoms with Crippen molar-refractivity contribution in [1.29, 1.82) is 0 Å². The summed E-state index contributed by atoms with van der Waals surface area (Å²) in [6.07, 6.45) is 6.71. The summed E-state index contributed by atoms with van der Waals surface area (Å²) in [5.74, 6) is 0.872. The van der Waals surface area contributed by atoms with Gasteiger partial charge in [-0.1, -0.05) is 18.2 Å². The number of nitrogens with one attached hydrogen (secondary N) is 2. The van der Waals surface area contributed by atoms with Crippen LogP contribution in [-0.2, 0) is 13.0 Å². The molecule has 0 saturated carbocycles. The van der Waals surface area contributed by atoms with E-state index in [1.165, 1.54) is 16.5 Å². The molecule has 0 fully saturated rings. The minimum absolute atomic E-state index is 0.838. The third kappa shape index (κ3) is 3.85. The average molecular weight is 361 g/mol. The van der Waals surface area contributed by atoms with E-state index < -0.39 is 0 Å². The molecule has 6 nitrogen and oxygen atoms in total. The van der Waals surface area contributed by atoms with Gasteiger partial charge in [-0.3, -0.25) is 10.2 Å². The maximum atomic E-state index is 5.31. The molecule has 2 heterocycles.